The lowest BCUT2D eigenvalue weighted by Crippen LogP contribution is -2.23. The largest absolute Gasteiger partial charge is 0.312 e. The summed E-state index contributed by atoms with van der Waals surface area (Å²) in [6, 6.07) is 0. The molecular formula is C12H16N2S. The molecule has 3 heteroatoms. The molecule has 1 fully saturated rings. The molecule has 0 unspecified atom stereocenters. The Hall–Kier alpha value is -0.670. The van der Waals surface area contributed by atoms with Crippen LogP contribution in [0, 0.1) is 0 Å². The van der Waals surface area contributed by atoms with Gasteiger partial charge in [0, 0.05) is 23.4 Å². The number of nitrogens with zero attached hydrogens (tertiary/aromatic N) is 1. The van der Waals surface area contributed by atoms with Crippen molar-refractivity contribution in [2.45, 2.75) is 32.1 Å². The molecule has 0 amide bonds. The molecule has 15 heavy (non-hydrogen) atoms. The number of hydrogen-bond acceptors (Lipinski definition) is 3. The lowest BCUT2D eigenvalue weighted by Gasteiger charge is -2.16. The molecule has 0 aromatic carbocycles. The van der Waals surface area contributed by atoms with Crippen molar-refractivity contribution in [3.8, 4) is 0 Å². The second kappa shape index (κ2) is 3.72. The zero-order chi connectivity index (χ0) is 10.3. The normalized spacial score (nSPS) is 22.2. The molecular weight excluding hydrogens is 204 g/mol. The number of rotatable bonds is 2. The van der Waals surface area contributed by atoms with Crippen molar-refractivity contribution in [1.82, 2.24) is 10.3 Å². The topological polar surface area (TPSA) is 24.9 Å². The minimum absolute atomic E-state index is 0.785. The Bertz CT molecular complexity index is 402. The first-order valence-electron chi connectivity index (χ1n) is 5.70. The Labute approximate surface area is 94.4 Å². The van der Waals surface area contributed by atoms with Gasteiger partial charge in [-0.05, 0) is 32.7 Å². The quantitative estimate of drug-likeness (QED) is 0.829. The highest BCUT2D eigenvalue weighted by Crippen LogP contribution is 2.41. The van der Waals surface area contributed by atoms with Gasteiger partial charge in [0.25, 0.3) is 0 Å². The summed E-state index contributed by atoms with van der Waals surface area (Å²) >= 11 is 1.82. The van der Waals surface area contributed by atoms with Crippen LogP contribution in [-0.2, 0) is 0 Å². The molecule has 2 heterocycles. The Morgan fingerprint density at radius 1 is 1.47 bits per heavy atom. The van der Waals surface area contributed by atoms with Gasteiger partial charge in [0.1, 0.15) is 5.01 Å². The van der Waals surface area contributed by atoms with Gasteiger partial charge in [-0.15, -0.1) is 11.3 Å². The van der Waals surface area contributed by atoms with E-state index < -0.39 is 0 Å². The van der Waals surface area contributed by atoms with Crippen LogP contribution in [0.25, 0.3) is 5.57 Å². The first-order chi connectivity index (χ1) is 7.34. The molecule has 0 saturated heterocycles. The van der Waals surface area contributed by atoms with Crippen LogP contribution in [-0.4, -0.2) is 18.1 Å². The highest BCUT2D eigenvalue weighted by atomic mass is 32.1. The highest BCUT2D eigenvalue weighted by Gasteiger charge is 2.26. The summed E-state index contributed by atoms with van der Waals surface area (Å²) in [5.74, 6) is 0.785. The van der Waals surface area contributed by atoms with Gasteiger partial charge in [-0.25, -0.2) is 4.98 Å². The third kappa shape index (κ3) is 1.86. The second-order valence-corrected chi connectivity index (χ2v) is 5.40. The van der Waals surface area contributed by atoms with Crippen molar-refractivity contribution in [1.29, 1.82) is 0 Å². The van der Waals surface area contributed by atoms with Crippen LogP contribution in [0.3, 0.4) is 0 Å². The van der Waals surface area contributed by atoms with E-state index in [-0.39, 0.29) is 0 Å². The number of aromatic nitrogens is 1. The van der Waals surface area contributed by atoms with Crippen LogP contribution < -0.4 is 5.32 Å². The van der Waals surface area contributed by atoms with Gasteiger partial charge < -0.3 is 5.32 Å². The molecule has 0 radical (unpaired) electrons. The molecule has 1 aromatic rings. The summed E-state index contributed by atoms with van der Waals surface area (Å²) in [7, 11) is 0. The van der Waals surface area contributed by atoms with Gasteiger partial charge in [0.2, 0.25) is 0 Å². The average Bonchev–Trinajstić information content (AvgIpc) is 2.99. The fourth-order valence-corrected chi connectivity index (χ4v) is 3.06. The maximum atomic E-state index is 4.77. The van der Waals surface area contributed by atoms with Crippen LogP contribution >= 0.6 is 11.3 Å². The predicted octanol–water partition coefficient (Wildman–Crippen LogP) is 2.79. The first kappa shape index (κ1) is 9.55. The molecule has 1 saturated carbocycles. The Morgan fingerprint density at radius 3 is 3.07 bits per heavy atom. The summed E-state index contributed by atoms with van der Waals surface area (Å²) in [4.78, 5) is 4.77. The second-order valence-electron chi connectivity index (χ2n) is 4.54. The van der Waals surface area contributed by atoms with E-state index >= 15 is 0 Å². The van der Waals surface area contributed by atoms with E-state index in [4.69, 9.17) is 4.98 Å². The Balaban J connectivity index is 1.90. The van der Waals surface area contributed by atoms with Crippen LogP contribution in [0.5, 0.6) is 0 Å². The standard InChI is InChI=1S/C12H16N2S/c1-8-4-5-13-6-10(8)12-14-11(7-15-12)9-2-3-9/h7,9,13H,2-6H2,1H3. The van der Waals surface area contributed by atoms with E-state index in [9.17, 15) is 0 Å². The number of thiazole rings is 1. The zero-order valence-corrected chi connectivity index (χ0v) is 9.86. The summed E-state index contributed by atoms with van der Waals surface area (Å²) < 4.78 is 0. The molecule has 80 valence electrons. The molecule has 2 aliphatic rings. The average molecular weight is 220 g/mol. The van der Waals surface area contributed by atoms with Gasteiger partial charge in [-0.2, -0.15) is 0 Å². The van der Waals surface area contributed by atoms with Crippen molar-refractivity contribution < 1.29 is 0 Å². The van der Waals surface area contributed by atoms with Crippen molar-refractivity contribution >= 4 is 16.9 Å². The van der Waals surface area contributed by atoms with Crippen molar-refractivity contribution in [2.75, 3.05) is 13.1 Å². The third-order valence-electron chi connectivity index (χ3n) is 3.27. The van der Waals surface area contributed by atoms with Gasteiger partial charge >= 0.3 is 0 Å². The molecule has 3 rings (SSSR count). The van der Waals surface area contributed by atoms with Crippen LogP contribution in [0.1, 0.15) is 42.8 Å². The van der Waals surface area contributed by atoms with Gasteiger partial charge in [0.15, 0.2) is 0 Å². The first-order valence-corrected chi connectivity index (χ1v) is 6.57. The molecule has 2 nitrogen and oxygen atoms in total. The molecule has 0 spiro atoms. The SMILES string of the molecule is CC1=C(c2nc(C3CC3)cs2)CNCC1. The van der Waals surface area contributed by atoms with E-state index in [1.807, 2.05) is 11.3 Å². The van der Waals surface area contributed by atoms with Gasteiger partial charge in [-0.1, -0.05) is 5.57 Å². The predicted molar refractivity (Wildman–Crippen MR) is 64.2 cm³/mol. The molecule has 0 bridgehead atoms. The fourth-order valence-electron chi connectivity index (χ4n) is 2.04. The number of nitrogens with one attached hydrogen (secondary N) is 1. The van der Waals surface area contributed by atoms with Crippen LogP contribution in [0.4, 0.5) is 0 Å². The maximum absolute atomic E-state index is 4.77. The third-order valence-corrected chi connectivity index (χ3v) is 4.19. The van der Waals surface area contributed by atoms with E-state index in [0.29, 0.717) is 0 Å². The van der Waals surface area contributed by atoms with E-state index in [0.717, 1.165) is 19.0 Å². The minimum atomic E-state index is 0.785. The Morgan fingerprint density at radius 2 is 2.33 bits per heavy atom. The Kier molecular flexibility index (Phi) is 2.37. The molecule has 1 aliphatic heterocycles. The van der Waals surface area contributed by atoms with Crippen molar-refractivity contribution in [2.24, 2.45) is 0 Å². The lowest BCUT2D eigenvalue weighted by molar-refractivity contribution is 0.714. The highest BCUT2D eigenvalue weighted by molar-refractivity contribution is 7.10. The fraction of sp³-hybridized carbons (Fsp3) is 0.583. The van der Waals surface area contributed by atoms with E-state index in [2.05, 4.69) is 17.6 Å². The lowest BCUT2D eigenvalue weighted by atomic mass is 10.0. The number of hydrogen-bond donors (Lipinski definition) is 1. The van der Waals surface area contributed by atoms with Crippen LogP contribution in [0.15, 0.2) is 11.0 Å². The molecule has 0 atom stereocenters. The molecule has 1 aliphatic carbocycles. The van der Waals surface area contributed by atoms with E-state index in [1.165, 1.54) is 41.1 Å². The summed E-state index contributed by atoms with van der Waals surface area (Å²) in [6.07, 6.45) is 3.87. The van der Waals surface area contributed by atoms with Crippen molar-refractivity contribution in [3.63, 3.8) is 0 Å². The summed E-state index contributed by atoms with van der Waals surface area (Å²) in [5.41, 5.74) is 4.30. The van der Waals surface area contributed by atoms with Crippen molar-refractivity contribution in [3.05, 3.63) is 21.7 Å². The van der Waals surface area contributed by atoms with Gasteiger partial charge in [-0.3, -0.25) is 0 Å². The summed E-state index contributed by atoms with van der Waals surface area (Å²) in [6.45, 7) is 4.37. The zero-order valence-electron chi connectivity index (χ0n) is 9.05. The van der Waals surface area contributed by atoms with E-state index in [1.54, 1.807) is 0 Å². The van der Waals surface area contributed by atoms with Gasteiger partial charge in [0.05, 0.1) is 5.69 Å². The summed E-state index contributed by atoms with van der Waals surface area (Å²) in [5, 5.41) is 6.93. The van der Waals surface area contributed by atoms with Crippen LogP contribution in [0.2, 0.25) is 0 Å². The molecule has 1 aromatic heterocycles. The monoisotopic (exact) mass is 220 g/mol. The maximum Gasteiger partial charge on any atom is 0.120 e. The minimum Gasteiger partial charge on any atom is -0.312 e. The molecule has 1 N–H and O–H groups in total. The smallest absolute Gasteiger partial charge is 0.120 e.